The van der Waals surface area contributed by atoms with Gasteiger partial charge in [-0.1, -0.05) is 13.3 Å². The van der Waals surface area contributed by atoms with Crippen LogP contribution in [0.15, 0.2) is 36.5 Å². The topological polar surface area (TPSA) is 25.2 Å². The van der Waals surface area contributed by atoms with Crippen molar-refractivity contribution in [2.45, 2.75) is 38.7 Å². The molecule has 1 aromatic carbocycles. The fraction of sp³-hybridized carbons (Fsp3) is 0.421. The smallest absolute Gasteiger partial charge is 0.353 e. The molecule has 0 aliphatic rings. The van der Waals surface area contributed by atoms with Crippen LogP contribution >= 0.6 is 0 Å². The molecule has 0 N–H and O–H groups in total. The second-order valence-electron chi connectivity index (χ2n) is 6.49. The summed E-state index contributed by atoms with van der Waals surface area (Å²) in [6, 6.07) is 4.44. The average molecular weight is 406 g/mol. The molecule has 0 saturated heterocycles. The normalized spacial score (nSPS) is 12.3. The van der Waals surface area contributed by atoms with Crippen LogP contribution < -0.4 is 0 Å². The van der Waals surface area contributed by atoms with Crippen LogP contribution in [-0.2, 0) is 25.9 Å². The molecule has 0 unspecified atom stereocenters. The Morgan fingerprint density at radius 2 is 1.61 bits per heavy atom. The number of hydrogen-bond donors (Lipinski definition) is 0. The molecular weight excluding hydrogens is 386 g/mol. The highest BCUT2D eigenvalue weighted by molar-refractivity contribution is 5.94. The van der Waals surface area contributed by atoms with Crippen molar-refractivity contribution in [2.75, 3.05) is 6.54 Å². The number of amides is 1. The average Bonchev–Trinajstić information content (AvgIpc) is 3.00. The van der Waals surface area contributed by atoms with E-state index in [1.54, 1.807) is 29.9 Å². The SMILES string of the molecule is CCCCN(Cc1cccn1C)C(=O)c1cc(C(F)(F)F)cc(C(F)(F)F)c1. The number of carbonyl (C=O) groups is 1. The zero-order valence-electron chi connectivity index (χ0n) is 15.4. The maximum absolute atomic E-state index is 13.1. The minimum Gasteiger partial charge on any atom is -0.353 e. The fourth-order valence-corrected chi connectivity index (χ4v) is 2.72. The number of hydrogen-bond acceptors (Lipinski definition) is 1. The lowest BCUT2D eigenvalue weighted by atomic mass is 10.0. The molecule has 2 rings (SSSR count). The van der Waals surface area contributed by atoms with Crippen LogP contribution in [0, 0.1) is 0 Å². The number of aromatic nitrogens is 1. The zero-order valence-corrected chi connectivity index (χ0v) is 15.4. The number of nitrogens with zero attached hydrogens (tertiary/aromatic N) is 2. The van der Waals surface area contributed by atoms with Gasteiger partial charge in [0.25, 0.3) is 5.91 Å². The van der Waals surface area contributed by atoms with E-state index in [1.165, 1.54) is 4.90 Å². The van der Waals surface area contributed by atoms with Gasteiger partial charge in [-0.3, -0.25) is 4.79 Å². The van der Waals surface area contributed by atoms with Crippen molar-refractivity contribution in [1.82, 2.24) is 9.47 Å². The number of carbonyl (C=O) groups excluding carboxylic acids is 1. The first-order valence-electron chi connectivity index (χ1n) is 8.62. The summed E-state index contributed by atoms with van der Waals surface area (Å²) in [4.78, 5) is 14.1. The maximum atomic E-state index is 13.1. The van der Waals surface area contributed by atoms with E-state index >= 15 is 0 Å². The number of rotatable bonds is 6. The number of benzene rings is 1. The Morgan fingerprint density at radius 3 is 2.04 bits per heavy atom. The molecule has 3 nitrogen and oxygen atoms in total. The van der Waals surface area contributed by atoms with Crippen molar-refractivity contribution in [3.63, 3.8) is 0 Å². The Kier molecular flexibility index (Phi) is 6.46. The molecule has 154 valence electrons. The third kappa shape index (κ3) is 5.30. The van der Waals surface area contributed by atoms with E-state index in [4.69, 9.17) is 0 Å². The van der Waals surface area contributed by atoms with Crippen molar-refractivity contribution in [3.8, 4) is 0 Å². The monoisotopic (exact) mass is 406 g/mol. The van der Waals surface area contributed by atoms with Gasteiger partial charge >= 0.3 is 12.4 Å². The summed E-state index contributed by atoms with van der Waals surface area (Å²) in [6.45, 7) is 2.18. The molecule has 1 aromatic heterocycles. The summed E-state index contributed by atoms with van der Waals surface area (Å²) in [5.41, 5.74) is -2.92. The Labute approximate surface area is 158 Å². The van der Waals surface area contributed by atoms with Crippen LogP contribution in [0.1, 0.15) is 46.9 Å². The van der Waals surface area contributed by atoms with Crippen LogP contribution in [0.2, 0.25) is 0 Å². The lowest BCUT2D eigenvalue weighted by Crippen LogP contribution is -2.32. The molecule has 2 aromatic rings. The molecule has 1 heterocycles. The maximum Gasteiger partial charge on any atom is 0.416 e. The van der Waals surface area contributed by atoms with Crippen molar-refractivity contribution in [2.24, 2.45) is 7.05 Å². The van der Waals surface area contributed by atoms with E-state index in [9.17, 15) is 31.1 Å². The number of aryl methyl sites for hydroxylation is 1. The van der Waals surface area contributed by atoms with E-state index in [2.05, 4.69) is 0 Å². The summed E-state index contributed by atoms with van der Waals surface area (Å²) in [5.74, 6) is -0.869. The standard InChI is InChI=1S/C19H20F6N2O/c1-3-4-8-27(12-16-6-5-7-26(16)2)17(28)13-9-14(18(20,21)22)11-15(10-13)19(23,24)25/h5-7,9-11H,3-4,8,12H2,1-2H3. The van der Waals surface area contributed by atoms with E-state index in [0.29, 0.717) is 30.7 Å². The van der Waals surface area contributed by atoms with Gasteiger partial charge in [-0.15, -0.1) is 0 Å². The van der Waals surface area contributed by atoms with E-state index < -0.39 is 35.0 Å². The van der Waals surface area contributed by atoms with Crippen LogP contribution in [0.5, 0.6) is 0 Å². The number of halogens is 6. The van der Waals surface area contributed by atoms with Crippen LogP contribution in [0.25, 0.3) is 0 Å². The molecular formula is C19H20F6N2O. The van der Waals surface area contributed by atoms with E-state index in [0.717, 1.165) is 0 Å². The molecule has 0 spiro atoms. The largest absolute Gasteiger partial charge is 0.416 e. The summed E-state index contributed by atoms with van der Waals surface area (Å²) < 4.78 is 80.1. The van der Waals surface area contributed by atoms with Gasteiger partial charge in [-0.05, 0) is 36.8 Å². The van der Waals surface area contributed by atoms with Crippen molar-refractivity contribution >= 4 is 5.91 Å². The van der Waals surface area contributed by atoms with Gasteiger partial charge in [-0.2, -0.15) is 26.3 Å². The van der Waals surface area contributed by atoms with Gasteiger partial charge < -0.3 is 9.47 Å². The summed E-state index contributed by atoms with van der Waals surface area (Å²) in [6.07, 6.45) is -6.97. The van der Waals surface area contributed by atoms with Gasteiger partial charge in [0.1, 0.15) is 0 Å². The molecule has 0 aliphatic carbocycles. The first-order chi connectivity index (χ1) is 12.9. The third-order valence-corrected chi connectivity index (χ3v) is 4.31. The quantitative estimate of drug-likeness (QED) is 0.581. The summed E-state index contributed by atoms with van der Waals surface area (Å²) in [7, 11) is 1.74. The highest BCUT2D eigenvalue weighted by atomic mass is 19.4. The minimum absolute atomic E-state index is 0.0182. The predicted octanol–water partition coefficient (Wildman–Crippen LogP) is 5.51. The number of unbranched alkanes of at least 4 members (excludes halogenated alkanes) is 1. The summed E-state index contributed by atoms with van der Waals surface area (Å²) in [5, 5.41) is 0. The first kappa shape index (κ1) is 21.8. The highest BCUT2D eigenvalue weighted by Gasteiger charge is 2.38. The van der Waals surface area contributed by atoms with Crippen LogP contribution in [-0.4, -0.2) is 21.9 Å². The van der Waals surface area contributed by atoms with E-state index in [-0.39, 0.29) is 19.2 Å². The van der Waals surface area contributed by atoms with E-state index in [1.807, 2.05) is 6.92 Å². The lowest BCUT2D eigenvalue weighted by molar-refractivity contribution is -0.143. The van der Waals surface area contributed by atoms with Crippen molar-refractivity contribution in [3.05, 3.63) is 58.9 Å². The van der Waals surface area contributed by atoms with Gasteiger partial charge in [0.15, 0.2) is 0 Å². The molecule has 0 fully saturated rings. The molecule has 0 saturated carbocycles. The Hall–Kier alpha value is -2.45. The van der Waals surface area contributed by atoms with Gasteiger partial charge in [0.2, 0.25) is 0 Å². The van der Waals surface area contributed by atoms with Gasteiger partial charge in [0, 0.05) is 31.0 Å². The minimum atomic E-state index is -5.00. The second kappa shape index (κ2) is 8.28. The molecule has 28 heavy (non-hydrogen) atoms. The summed E-state index contributed by atoms with van der Waals surface area (Å²) >= 11 is 0. The Balaban J connectivity index is 2.45. The Bertz CT molecular complexity index is 790. The third-order valence-electron chi connectivity index (χ3n) is 4.31. The first-order valence-corrected chi connectivity index (χ1v) is 8.62. The number of alkyl halides is 6. The van der Waals surface area contributed by atoms with Gasteiger partial charge in [0.05, 0.1) is 17.7 Å². The van der Waals surface area contributed by atoms with Gasteiger partial charge in [-0.25, -0.2) is 0 Å². The molecule has 0 bridgehead atoms. The predicted molar refractivity (Wildman–Crippen MR) is 91.5 cm³/mol. The second-order valence-corrected chi connectivity index (χ2v) is 6.49. The fourth-order valence-electron chi connectivity index (χ4n) is 2.72. The molecule has 0 radical (unpaired) electrons. The zero-order chi connectivity index (χ0) is 21.1. The van der Waals surface area contributed by atoms with Crippen molar-refractivity contribution in [1.29, 1.82) is 0 Å². The van der Waals surface area contributed by atoms with Crippen molar-refractivity contribution < 1.29 is 31.1 Å². The molecule has 0 atom stereocenters. The highest BCUT2D eigenvalue weighted by Crippen LogP contribution is 2.36. The Morgan fingerprint density at radius 1 is 1.04 bits per heavy atom. The van der Waals surface area contributed by atoms with Crippen LogP contribution in [0.3, 0.4) is 0 Å². The van der Waals surface area contributed by atoms with Crippen LogP contribution in [0.4, 0.5) is 26.3 Å². The molecule has 9 heteroatoms. The molecule has 0 aliphatic heterocycles. The lowest BCUT2D eigenvalue weighted by Gasteiger charge is -2.24. The molecule has 1 amide bonds.